The quantitative estimate of drug-likeness (QED) is 0.591. The predicted octanol–water partition coefficient (Wildman–Crippen LogP) is 3.18. The van der Waals surface area contributed by atoms with E-state index in [4.69, 9.17) is 17.0 Å². The Balaban J connectivity index is 1.92. The average molecular weight is 474 g/mol. The molecule has 2 aromatic carbocycles. The lowest BCUT2D eigenvalue weighted by Crippen LogP contribution is -2.56. The molecule has 7 nitrogen and oxygen atoms in total. The Morgan fingerprint density at radius 1 is 1.18 bits per heavy atom. The topological polar surface area (TPSA) is 90.9 Å². The summed E-state index contributed by atoms with van der Waals surface area (Å²) in [7, 11) is 0. The summed E-state index contributed by atoms with van der Waals surface area (Å²) in [6.45, 7) is 5.00. The Kier molecular flexibility index (Phi) is 7.34. The van der Waals surface area contributed by atoms with Crippen LogP contribution in [0.4, 0.5) is 9.18 Å². The number of nitrogens with zero attached hydrogens (tertiary/aromatic N) is 1. The molecule has 2 atom stereocenters. The molecule has 1 aliphatic heterocycles. The summed E-state index contributed by atoms with van der Waals surface area (Å²) in [4.78, 5) is 26.8. The minimum absolute atomic E-state index is 0.0184. The number of likely N-dealkylation sites (tertiary alicyclic amines) is 1. The van der Waals surface area contributed by atoms with Gasteiger partial charge in [-0.3, -0.25) is 10.1 Å². The van der Waals surface area contributed by atoms with Gasteiger partial charge in [-0.05, 0) is 51.2 Å². The van der Waals surface area contributed by atoms with Crippen LogP contribution < -0.4 is 10.6 Å². The molecular weight excluding hydrogens is 445 g/mol. The number of aliphatic hydroxyl groups is 1. The number of aliphatic hydroxyl groups excluding tert-OH is 1. The largest absolute Gasteiger partial charge is 0.444 e. The molecule has 3 rings (SSSR count). The number of ether oxygens (including phenoxy) is 1. The molecule has 2 amide bonds. The smallest absolute Gasteiger partial charge is 0.410 e. The van der Waals surface area contributed by atoms with Crippen LogP contribution in [-0.4, -0.2) is 52.4 Å². The van der Waals surface area contributed by atoms with Crippen molar-refractivity contribution in [1.82, 2.24) is 15.5 Å². The second kappa shape index (κ2) is 9.84. The van der Waals surface area contributed by atoms with E-state index in [1.807, 2.05) is 0 Å². The molecule has 1 saturated heterocycles. The van der Waals surface area contributed by atoms with Crippen LogP contribution in [0.5, 0.6) is 0 Å². The number of nitrogens with one attached hydrogen (secondary N) is 2. The molecule has 0 aromatic heterocycles. The second-order valence-corrected chi connectivity index (χ2v) is 9.37. The summed E-state index contributed by atoms with van der Waals surface area (Å²) < 4.78 is 20.5. The Hall–Kier alpha value is -3.04. The Morgan fingerprint density at radius 2 is 1.82 bits per heavy atom. The molecule has 0 saturated carbocycles. The van der Waals surface area contributed by atoms with Crippen LogP contribution in [0.2, 0.25) is 0 Å². The van der Waals surface area contributed by atoms with Gasteiger partial charge in [-0.1, -0.05) is 36.4 Å². The fourth-order valence-corrected chi connectivity index (χ4v) is 4.21. The van der Waals surface area contributed by atoms with E-state index in [1.165, 1.54) is 11.0 Å². The van der Waals surface area contributed by atoms with Crippen molar-refractivity contribution in [3.63, 3.8) is 0 Å². The molecule has 176 valence electrons. The molecule has 33 heavy (non-hydrogen) atoms. The van der Waals surface area contributed by atoms with E-state index in [1.54, 1.807) is 69.3 Å². The maximum Gasteiger partial charge on any atom is 0.410 e. The predicted molar refractivity (Wildman–Crippen MR) is 126 cm³/mol. The maximum atomic E-state index is 15.0. The van der Waals surface area contributed by atoms with Crippen LogP contribution in [0.15, 0.2) is 54.6 Å². The number of halogens is 1. The fourth-order valence-electron chi connectivity index (χ4n) is 3.93. The number of carbonyl (C=O) groups excluding carboxylic acids is 2. The highest BCUT2D eigenvalue weighted by Gasteiger charge is 2.51. The van der Waals surface area contributed by atoms with E-state index >= 15 is 0 Å². The summed E-state index contributed by atoms with van der Waals surface area (Å²) in [5.41, 5.74) is -1.37. The van der Waals surface area contributed by atoms with Gasteiger partial charge in [0.15, 0.2) is 5.11 Å². The summed E-state index contributed by atoms with van der Waals surface area (Å²) >= 11 is 5.39. The van der Waals surface area contributed by atoms with Gasteiger partial charge in [0.2, 0.25) is 0 Å². The highest BCUT2D eigenvalue weighted by atomic mass is 32.1. The number of thiocarbonyl (C=S) groups is 1. The van der Waals surface area contributed by atoms with E-state index in [-0.39, 0.29) is 30.4 Å². The molecule has 0 radical (unpaired) electrons. The SMILES string of the molecule is CC(C)(C)OC(=O)N1C[C@@H](CO)[C@](NC(=S)NC(=O)c2ccccc2)(c2ccccc2F)C1. The van der Waals surface area contributed by atoms with Crippen LogP contribution >= 0.6 is 12.2 Å². The van der Waals surface area contributed by atoms with Crippen LogP contribution in [0.1, 0.15) is 36.7 Å². The number of hydrogen-bond donors (Lipinski definition) is 3. The standard InChI is InChI=1S/C24H28FN3O4S/c1-23(2,3)32-22(31)28-13-17(14-29)24(15-28,18-11-7-8-12-19(18)25)27-21(33)26-20(30)16-9-5-4-6-10-16/h4-12,17,29H,13-15H2,1-3H3,(H2,26,27,30,33)/t17-,24-/m0/s1. The number of benzene rings is 2. The Bertz CT molecular complexity index is 1030. The molecule has 3 N–H and O–H groups in total. The molecule has 1 heterocycles. The summed E-state index contributed by atoms with van der Waals surface area (Å²) in [5.74, 6) is -1.57. The summed E-state index contributed by atoms with van der Waals surface area (Å²) in [5, 5.41) is 15.8. The van der Waals surface area contributed by atoms with Crippen LogP contribution in [0.25, 0.3) is 0 Å². The molecule has 0 spiro atoms. The lowest BCUT2D eigenvalue weighted by atomic mass is 9.80. The van der Waals surface area contributed by atoms with Crippen LogP contribution in [-0.2, 0) is 10.3 Å². The van der Waals surface area contributed by atoms with E-state index < -0.39 is 34.9 Å². The van der Waals surface area contributed by atoms with E-state index in [0.29, 0.717) is 5.56 Å². The molecule has 0 aliphatic carbocycles. The molecule has 0 unspecified atom stereocenters. The van der Waals surface area contributed by atoms with E-state index in [9.17, 15) is 19.1 Å². The van der Waals surface area contributed by atoms with Crippen LogP contribution in [0.3, 0.4) is 0 Å². The van der Waals surface area contributed by atoms with Crippen molar-refractivity contribution in [3.05, 3.63) is 71.5 Å². The molecule has 9 heteroatoms. The zero-order valence-corrected chi connectivity index (χ0v) is 19.6. The third-order valence-corrected chi connectivity index (χ3v) is 5.61. The highest BCUT2D eigenvalue weighted by Crippen LogP contribution is 2.39. The Morgan fingerprint density at radius 3 is 2.42 bits per heavy atom. The first-order valence-electron chi connectivity index (χ1n) is 10.6. The van der Waals surface area contributed by atoms with Gasteiger partial charge in [0.05, 0.1) is 18.7 Å². The van der Waals surface area contributed by atoms with Crippen molar-refractivity contribution in [3.8, 4) is 0 Å². The Labute approximate surface area is 197 Å². The maximum absolute atomic E-state index is 15.0. The van der Waals surface area contributed by atoms with Crippen molar-refractivity contribution in [2.24, 2.45) is 5.92 Å². The van der Waals surface area contributed by atoms with Crippen molar-refractivity contribution in [1.29, 1.82) is 0 Å². The molecule has 1 aliphatic rings. The lowest BCUT2D eigenvalue weighted by molar-refractivity contribution is 0.0277. The number of carbonyl (C=O) groups is 2. The van der Waals surface area contributed by atoms with Crippen molar-refractivity contribution in [2.75, 3.05) is 19.7 Å². The van der Waals surface area contributed by atoms with Gasteiger partial charge in [0.25, 0.3) is 5.91 Å². The van der Waals surface area contributed by atoms with Gasteiger partial charge in [0.1, 0.15) is 11.4 Å². The zero-order valence-electron chi connectivity index (χ0n) is 18.8. The molecule has 1 fully saturated rings. The first-order chi connectivity index (χ1) is 15.6. The fraction of sp³-hybridized carbons (Fsp3) is 0.375. The highest BCUT2D eigenvalue weighted by molar-refractivity contribution is 7.80. The first-order valence-corrected chi connectivity index (χ1v) is 11.0. The van der Waals surface area contributed by atoms with Crippen molar-refractivity contribution < 1.29 is 23.8 Å². The van der Waals surface area contributed by atoms with Gasteiger partial charge in [-0.15, -0.1) is 0 Å². The molecule has 2 aromatic rings. The van der Waals surface area contributed by atoms with Crippen LogP contribution in [0, 0.1) is 11.7 Å². The first kappa shape index (κ1) is 24.6. The average Bonchev–Trinajstić information content (AvgIpc) is 3.12. The monoisotopic (exact) mass is 473 g/mol. The molecular formula is C24H28FN3O4S. The number of amides is 2. The summed E-state index contributed by atoms with van der Waals surface area (Å²) in [6, 6.07) is 14.6. The normalized spacial score (nSPS) is 20.3. The van der Waals surface area contributed by atoms with E-state index in [0.717, 1.165) is 0 Å². The van der Waals surface area contributed by atoms with Gasteiger partial charge in [0, 0.05) is 23.6 Å². The van der Waals surface area contributed by atoms with Gasteiger partial charge in [-0.2, -0.15) is 0 Å². The minimum atomic E-state index is -1.28. The lowest BCUT2D eigenvalue weighted by Gasteiger charge is -2.36. The second-order valence-electron chi connectivity index (χ2n) is 8.97. The van der Waals surface area contributed by atoms with Gasteiger partial charge >= 0.3 is 6.09 Å². The minimum Gasteiger partial charge on any atom is -0.444 e. The van der Waals surface area contributed by atoms with Crippen molar-refractivity contribution >= 4 is 29.3 Å². The molecule has 0 bridgehead atoms. The van der Waals surface area contributed by atoms with E-state index in [2.05, 4.69) is 10.6 Å². The van der Waals surface area contributed by atoms with Gasteiger partial charge in [-0.25, -0.2) is 9.18 Å². The third-order valence-electron chi connectivity index (χ3n) is 5.40. The third kappa shape index (κ3) is 5.66. The van der Waals surface area contributed by atoms with Gasteiger partial charge < -0.3 is 20.1 Å². The van der Waals surface area contributed by atoms with Crippen molar-refractivity contribution in [2.45, 2.75) is 31.9 Å². The number of hydrogen-bond acceptors (Lipinski definition) is 5. The summed E-state index contributed by atoms with van der Waals surface area (Å²) in [6.07, 6.45) is -0.583. The number of rotatable bonds is 4. The zero-order chi connectivity index (χ0) is 24.2.